The van der Waals surface area contributed by atoms with Gasteiger partial charge in [0, 0.05) is 23.7 Å². The predicted molar refractivity (Wildman–Crippen MR) is 128 cm³/mol. The van der Waals surface area contributed by atoms with Gasteiger partial charge in [-0.25, -0.2) is 4.98 Å². The maximum atomic E-state index is 12.5. The fourth-order valence-corrected chi connectivity index (χ4v) is 4.27. The van der Waals surface area contributed by atoms with Crippen LogP contribution in [0.4, 0.5) is 0 Å². The Bertz CT molecular complexity index is 1110. The van der Waals surface area contributed by atoms with Gasteiger partial charge in [0.05, 0.1) is 6.20 Å². The molecule has 180 valence electrons. The quantitative estimate of drug-likeness (QED) is 0.432. The topological polar surface area (TPSA) is 126 Å². The molecule has 2 amide bonds. The Morgan fingerprint density at radius 1 is 1.09 bits per heavy atom. The molecule has 9 nitrogen and oxygen atoms in total. The number of benzene rings is 1. The van der Waals surface area contributed by atoms with Gasteiger partial charge >= 0.3 is 0 Å². The zero-order valence-electron chi connectivity index (χ0n) is 19.8. The van der Waals surface area contributed by atoms with Crippen LogP contribution in [0.1, 0.15) is 80.0 Å². The van der Waals surface area contributed by atoms with E-state index in [2.05, 4.69) is 30.8 Å². The number of H-pyrrole nitrogens is 1. The van der Waals surface area contributed by atoms with Gasteiger partial charge in [-0.1, -0.05) is 45.2 Å². The first kappa shape index (κ1) is 23.7. The first-order valence-corrected chi connectivity index (χ1v) is 12.2. The summed E-state index contributed by atoms with van der Waals surface area (Å²) < 4.78 is 5.71. The molecule has 0 unspecified atom stereocenters. The second kappa shape index (κ2) is 11.1. The van der Waals surface area contributed by atoms with Crippen molar-refractivity contribution in [1.82, 2.24) is 30.8 Å². The SMILES string of the molecule is CCC(CC)NC(=O)c1cnc(-c2cccc(-c3nnc(C(=O)NCC4CCCCC4)[nH]3)c2)o1. The molecule has 1 fully saturated rings. The number of carbonyl (C=O) groups is 2. The summed E-state index contributed by atoms with van der Waals surface area (Å²) in [5.41, 5.74) is 1.43. The standard InChI is InChI=1S/C25H32N6O3/c1-3-19(4-2)28-23(32)20-15-27-25(34-20)18-12-8-11-17(13-18)21-29-22(31-30-21)24(33)26-14-16-9-6-5-7-10-16/h8,11-13,15-16,19H,3-7,9-10,14H2,1-2H3,(H,26,33)(H,28,32)(H,29,30,31). The van der Waals surface area contributed by atoms with Crippen LogP contribution < -0.4 is 10.6 Å². The van der Waals surface area contributed by atoms with Crippen molar-refractivity contribution in [2.75, 3.05) is 6.54 Å². The third-order valence-corrected chi connectivity index (χ3v) is 6.41. The third-order valence-electron chi connectivity index (χ3n) is 6.41. The Hall–Kier alpha value is -3.49. The van der Waals surface area contributed by atoms with Crippen LogP contribution in [0.25, 0.3) is 22.8 Å². The van der Waals surface area contributed by atoms with Crippen LogP contribution in [-0.4, -0.2) is 44.6 Å². The van der Waals surface area contributed by atoms with Gasteiger partial charge in [0.2, 0.25) is 17.5 Å². The normalized spacial score (nSPS) is 14.3. The van der Waals surface area contributed by atoms with E-state index in [0.717, 1.165) is 31.2 Å². The van der Waals surface area contributed by atoms with Gasteiger partial charge in [-0.05, 0) is 43.7 Å². The zero-order chi connectivity index (χ0) is 23.9. The van der Waals surface area contributed by atoms with Crippen molar-refractivity contribution in [3.05, 3.63) is 42.0 Å². The van der Waals surface area contributed by atoms with Crippen LogP contribution >= 0.6 is 0 Å². The molecule has 34 heavy (non-hydrogen) atoms. The fourth-order valence-electron chi connectivity index (χ4n) is 4.27. The molecule has 1 aliphatic rings. The first-order valence-electron chi connectivity index (χ1n) is 12.2. The van der Waals surface area contributed by atoms with Gasteiger partial charge in [0.25, 0.3) is 11.8 Å². The number of hydrogen-bond donors (Lipinski definition) is 3. The van der Waals surface area contributed by atoms with Gasteiger partial charge in [0.15, 0.2) is 5.82 Å². The van der Waals surface area contributed by atoms with Gasteiger partial charge < -0.3 is 20.0 Å². The molecule has 2 aromatic heterocycles. The van der Waals surface area contributed by atoms with Crippen molar-refractivity contribution in [1.29, 1.82) is 0 Å². The largest absolute Gasteiger partial charge is 0.431 e. The Morgan fingerprint density at radius 2 is 1.85 bits per heavy atom. The molecular formula is C25H32N6O3. The summed E-state index contributed by atoms with van der Waals surface area (Å²) in [7, 11) is 0. The monoisotopic (exact) mass is 464 g/mol. The maximum absolute atomic E-state index is 12.5. The Kier molecular flexibility index (Phi) is 7.72. The number of aromatic amines is 1. The van der Waals surface area contributed by atoms with E-state index in [0.29, 0.717) is 29.7 Å². The van der Waals surface area contributed by atoms with E-state index >= 15 is 0 Å². The Morgan fingerprint density at radius 3 is 2.62 bits per heavy atom. The zero-order valence-corrected chi connectivity index (χ0v) is 19.8. The molecular weight excluding hydrogens is 432 g/mol. The van der Waals surface area contributed by atoms with E-state index in [4.69, 9.17) is 4.42 Å². The lowest BCUT2D eigenvalue weighted by atomic mass is 9.89. The van der Waals surface area contributed by atoms with E-state index < -0.39 is 0 Å². The van der Waals surface area contributed by atoms with Crippen molar-refractivity contribution < 1.29 is 14.0 Å². The second-order valence-electron chi connectivity index (χ2n) is 8.83. The average molecular weight is 465 g/mol. The molecule has 0 radical (unpaired) electrons. The van der Waals surface area contributed by atoms with Crippen molar-refractivity contribution in [3.8, 4) is 22.8 Å². The van der Waals surface area contributed by atoms with E-state index in [1.54, 1.807) is 0 Å². The van der Waals surface area contributed by atoms with Crippen LogP contribution in [0.2, 0.25) is 0 Å². The van der Waals surface area contributed by atoms with Gasteiger partial charge in [-0.2, -0.15) is 0 Å². The van der Waals surface area contributed by atoms with E-state index in [1.165, 1.54) is 25.5 Å². The summed E-state index contributed by atoms with van der Waals surface area (Å²) in [5.74, 6) is 1.18. The molecule has 1 aromatic carbocycles. The molecule has 1 aliphatic carbocycles. The van der Waals surface area contributed by atoms with Gasteiger partial charge in [0.1, 0.15) is 0 Å². The summed E-state index contributed by atoms with van der Waals surface area (Å²) in [6.45, 7) is 4.73. The Labute approximate surface area is 199 Å². The number of rotatable bonds is 9. The molecule has 0 aliphatic heterocycles. The summed E-state index contributed by atoms with van der Waals surface area (Å²) in [6, 6.07) is 7.47. The lowest BCUT2D eigenvalue weighted by Crippen LogP contribution is -2.33. The number of aromatic nitrogens is 4. The van der Waals surface area contributed by atoms with Crippen molar-refractivity contribution >= 4 is 11.8 Å². The first-order chi connectivity index (χ1) is 16.6. The summed E-state index contributed by atoms with van der Waals surface area (Å²) in [4.78, 5) is 32.2. The van der Waals surface area contributed by atoms with Crippen molar-refractivity contribution in [3.63, 3.8) is 0 Å². The lowest BCUT2D eigenvalue weighted by molar-refractivity contribution is 0.0905. The summed E-state index contributed by atoms with van der Waals surface area (Å²) in [5, 5.41) is 14.1. The highest BCUT2D eigenvalue weighted by atomic mass is 16.4. The lowest BCUT2D eigenvalue weighted by Gasteiger charge is -2.21. The highest BCUT2D eigenvalue weighted by molar-refractivity contribution is 5.92. The minimum absolute atomic E-state index is 0.102. The number of carbonyl (C=O) groups excluding carboxylic acids is 2. The molecule has 0 saturated heterocycles. The number of amides is 2. The molecule has 3 N–H and O–H groups in total. The van der Waals surface area contributed by atoms with Gasteiger partial charge in [-0.15, -0.1) is 10.2 Å². The van der Waals surface area contributed by atoms with E-state index in [9.17, 15) is 9.59 Å². The number of hydrogen-bond acceptors (Lipinski definition) is 6. The second-order valence-corrected chi connectivity index (χ2v) is 8.83. The summed E-state index contributed by atoms with van der Waals surface area (Å²) in [6.07, 6.45) is 9.22. The van der Waals surface area contributed by atoms with E-state index in [1.807, 2.05) is 38.1 Å². The number of nitrogens with zero attached hydrogens (tertiary/aromatic N) is 3. The highest BCUT2D eigenvalue weighted by Gasteiger charge is 2.19. The highest BCUT2D eigenvalue weighted by Crippen LogP contribution is 2.25. The molecule has 0 spiro atoms. The smallest absolute Gasteiger partial charge is 0.289 e. The Balaban J connectivity index is 1.42. The molecule has 0 bridgehead atoms. The molecule has 0 atom stereocenters. The van der Waals surface area contributed by atoms with Crippen molar-refractivity contribution in [2.45, 2.75) is 64.8 Å². The van der Waals surface area contributed by atoms with Crippen molar-refractivity contribution in [2.24, 2.45) is 5.92 Å². The van der Waals surface area contributed by atoms with Gasteiger partial charge in [-0.3, -0.25) is 9.59 Å². The predicted octanol–water partition coefficient (Wildman–Crippen LogP) is 4.36. The molecule has 4 rings (SSSR count). The van der Waals surface area contributed by atoms with Crippen LogP contribution in [-0.2, 0) is 0 Å². The fraction of sp³-hybridized carbons (Fsp3) is 0.480. The third kappa shape index (κ3) is 5.70. The maximum Gasteiger partial charge on any atom is 0.289 e. The molecule has 2 heterocycles. The molecule has 1 saturated carbocycles. The summed E-state index contributed by atoms with van der Waals surface area (Å²) >= 11 is 0. The van der Waals surface area contributed by atoms with Crippen LogP contribution in [0.15, 0.2) is 34.9 Å². The molecule has 3 aromatic rings. The minimum Gasteiger partial charge on any atom is -0.431 e. The number of nitrogens with one attached hydrogen (secondary N) is 3. The van der Waals surface area contributed by atoms with E-state index in [-0.39, 0.29) is 29.4 Å². The van der Waals surface area contributed by atoms with Crippen LogP contribution in [0.5, 0.6) is 0 Å². The van der Waals surface area contributed by atoms with Crippen LogP contribution in [0, 0.1) is 5.92 Å². The minimum atomic E-state index is -0.275. The molecule has 9 heteroatoms. The van der Waals surface area contributed by atoms with Crippen LogP contribution in [0.3, 0.4) is 0 Å². The number of oxazole rings is 1. The average Bonchev–Trinajstić information content (AvgIpc) is 3.57.